The van der Waals surface area contributed by atoms with Crippen LogP contribution in [-0.2, 0) is 0 Å². The third-order valence-electron chi connectivity index (χ3n) is 8.59. The van der Waals surface area contributed by atoms with Gasteiger partial charge >= 0.3 is 0 Å². The normalized spacial score (nSPS) is 11.1. The third kappa shape index (κ3) is 6.30. The summed E-state index contributed by atoms with van der Waals surface area (Å²) in [5.74, 6) is 2.44. The van der Waals surface area contributed by atoms with Crippen LogP contribution in [0.1, 0.15) is 0 Å². The lowest BCUT2D eigenvalue weighted by Crippen LogP contribution is -2.00. The topological polar surface area (TPSA) is 77.3 Å². The zero-order valence-corrected chi connectivity index (χ0v) is 28.1. The highest BCUT2D eigenvalue weighted by Crippen LogP contribution is 2.34. The Morgan fingerprint density at radius 2 is 0.745 bits per heavy atom. The van der Waals surface area contributed by atoms with E-state index in [0.717, 1.165) is 65.6 Å². The molecule has 3 heterocycles. The second-order valence-electron chi connectivity index (χ2n) is 12.0. The summed E-state index contributed by atoms with van der Waals surface area (Å²) in [6.07, 6.45) is 0. The molecule has 9 aromatic rings. The predicted molar refractivity (Wildman–Crippen MR) is 207 cm³/mol. The van der Waals surface area contributed by atoms with Crippen molar-refractivity contribution in [2.24, 2.45) is 0 Å². The molecule has 0 saturated carbocycles. The number of thiazole rings is 1. The van der Waals surface area contributed by atoms with Crippen LogP contribution < -0.4 is 0 Å². The molecule has 6 nitrogen and oxygen atoms in total. The molecule has 240 valence electrons. The number of benzene rings is 6. The van der Waals surface area contributed by atoms with Crippen LogP contribution in [0.25, 0.3) is 88.9 Å². The fourth-order valence-electron chi connectivity index (χ4n) is 6.05. The molecule has 0 fully saturated rings. The molecule has 0 spiro atoms. The molecule has 0 N–H and O–H groups in total. The van der Waals surface area contributed by atoms with Gasteiger partial charge < -0.3 is 0 Å². The second kappa shape index (κ2) is 13.3. The Bertz CT molecular complexity index is 2550. The van der Waals surface area contributed by atoms with Gasteiger partial charge in [-0.1, -0.05) is 140 Å². The van der Waals surface area contributed by atoms with Crippen molar-refractivity contribution in [1.29, 1.82) is 0 Å². The first-order valence-electron chi connectivity index (χ1n) is 16.6. The van der Waals surface area contributed by atoms with Crippen molar-refractivity contribution in [3.63, 3.8) is 0 Å². The summed E-state index contributed by atoms with van der Waals surface area (Å²) >= 11 is 1.58. The standard InChI is InChI=1S/C44H28N6S/c1-4-14-29(15-5-1)37-28-38(46-40(45-37)30-16-6-2-7-17-30)34-22-12-20-32(26-34)33-21-13-23-35(27-33)42-48-41(31-18-8-3-9-19-31)49-43(50-42)44-47-36-24-10-11-25-39(36)51-44/h1-28H. The molecule has 51 heavy (non-hydrogen) atoms. The summed E-state index contributed by atoms with van der Waals surface area (Å²) in [4.78, 5) is 29.7. The Balaban J connectivity index is 1.13. The molecule has 0 aliphatic carbocycles. The van der Waals surface area contributed by atoms with Crippen molar-refractivity contribution in [3.8, 4) is 78.6 Å². The number of para-hydroxylation sites is 1. The van der Waals surface area contributed by atoms with Gasteiger partial charge in [0.05, 0.1) is 21.6 Å². The first-order valence-corrected chi connectivity index (χ1v) is 17.4. The van der Waals surface area contributed by atoms with Crippen LogP contribution in [0.4, 0.5) is 0 Å². The van der Waals surface area contributed by atoms with Gasteiger partial charge in [0.15, 0.2) is 28.3 Å². The van der Waals surface area contributed by atoms with Gasteiger partial charge in [0.1, 0.15) is 0 Å². The SMILES string of the molecule is c1ccc(-c2cc(-c3cccc(-c4cccc(-c5nc(-c6ccccc6)nc(-c6nc7ccccc7s6)n5)c4)c3)nc(-c3ccccc3)n2)cc1. The number of hydrogen-bond donors (Lipinski definition) is 0. The van der Waals surface area contributed by atoms with Crippen LogP contribution in [-0.4, -0.2) is 29.9 Å². The lowest BCUT2D eigenvalue weighted by molar-refractivity contribution is 1.07. The maximum atomic E-state index is 5.05. The Hall–Kier alpha value is -6.70. The summed E-state index contributed by atoms with van der Waals surface area (Å²) in [5, 5.41) is 0.760. The maximum absolute atomic E-state index is 5.05. The van der Waals surface area contributed by atoms with E-state index in [9.17, 15) is 0 Å². The summed E-state index contributed by atoms with van der Waals surface area (Å²) in [7, 11) is 0. The lowest BCUT2D eigenvalue weighted by Gasteiger charge is -2.11. The fraction of sp³-hybridized carbons (Fsp3) is 0. The Morgan fingerprint density at radius 3 is 1.39 bits per heavy atom. The molecular formula is C44H28N6S. The van der Waals surface area contributed by atoms with Gasteiger partial charge in [-0.3, -0.25) is 0 Å². The summed E-state index contributed by atoms with van der Waals surface area (Å²) in [5.41, 5.74) is 9.57. The molecule has 0 amide bonds. The van der Waals surface area contributed by atoms with Crippen molar-refractivity contribution >= 4 is 21.6 Å². The quantitative estimate of drug-likeness (QED) is 0.168. The maximum Gasteiger partial charge on any atom is 0.192 e. The van der Waals surface area contributed by atoms with Crippen LogP contribution in [0.2, 0.25) is 0 Å². The fourth-order valence-corrected chi connectivity index (χ4v) is 6.95. The molecular weight excluding hydrogens is 645 g/mol. The monoisotopic (exact) mass is 672 g/mol. The summed E-state index contributed by atoms with van der Waals surface area (Å²) < 4.78 is 1.09. The molecule has 6 aromatic carbocycles. The highest BCUT2D eigenvalue weighted by atomic mass is 32.1. The Kier molecular flexibility index (Phi) is 7.92. The highest BCUT2D eigenvalue weighted by Gasteiger charge is 2.16. The molecule has 0 unspecified atom stereocenters. The predicted octanol–water partition coefficient (Wildman–Crippen LogP) is 10.9. The van der Waals surface area contributed by atoms with E-state index in [1.54, 1.807) is 11.3 Å². The molecule has 9 rings (SSSR count). The third-order valence-corrected chi connectivity index (χ3v) is 9.63. The van der Waals surface area contributed by atoms with Crippen molar-refractivity contribution < 1.29 is 0 Å². The van der Waals surface area contributed by atoms with Crippen LogP contribution in [0.15, 0.2) is 170 Å². The van der Waals surface area contributed by atoms with E-state index >= 15 is 0 Å². The number of rotatable bonds is 7. The molecule has 3 aromatic heterocycles. The minimum atomic E-state index is 0.555. The van der Waals surface area contributed by atoms with Gasteiger partial charge in [0, 0.05) is 27.8 Å². The lowest BCUT2D eigenvalue weighted by atomic mass is 9.99. The van der Waals surface area contributed by atoms with Crippen molar-refractivity contribution in [3.05, 3.63) is 170 Å². The van der Waals surface area contributed by atoms with E-state index in [1.807, 2.05) is 109 Å². The smallest absolute Gasteiger partial charge is 0.192 e. The van der Waals surface area contributed by atoms with Crippen LogP contribution in [0.5, 0.6) is 0 Å². The molecule has 0 bridgehead atoms. The van der Waals surface area contributed by atoms with Crippen LogP contribution >= 0.6 is 11.3 Å². The zero-order valence-electron chi connectivity index (χ0n) is 27.3. The van der Waals surface area contributed by atoms with E-state index in [-0.39, 0.29) is 0 Å². The van der Waals surface area contributed by atoms with Crippen LogP contribution in [0, 0.1) is 0 Å². The molecule has 7 heteroatoms. The van der Waals surface area contributed by atoms with E-state index in [2.05, 4.69) is 60.7 Å². The minimum Gasteiger partial charge on any atom is -0.233 e. The van der Waals surface area contributed by atoms with Gasteiger partial charge in [-0.15, -0.1) is 11.3 Å². The Morgan fingerprint density at radius 1 is 0.294 bits per heavy atom. The highest BCUT2D eigenvalue weighted by molar-refractivity contribution is 7.21. The van der Waals surface area contributed by atoms with E-state index in [1.165, 1.54) is 0 Å². The molecule has 0 radical (unpaired) electrons. The van der Waals surface area contributed by atoms with Crippen LogP contribution in [0.3, 0.4) is 0 Å². The van der Waals surface area contributed by atoms with Crippen molar-refractivity contribution in [2.45, 2.75) is 0 Å². The van der Waals surface area contributed by atoms with E-state index in [0.29, 0.717) is 23.3 Å². The second-order valence-corrected chi connectivity index (χ2v) is 13.0. The van der Waals surface area contributed by atoms with Crippen molar-refractivity contribution in [2.75, 3.05) is 0 Å². The first kappa shape index (κ1) is 30.4. The average molecular weight is 673 g/mol. The molecule has 0 aliphatic heterocycles. The number of nitrogens with zero attached hydrogens (tertiary/aromatic N) is 6. The number of hydrogen-bond acceptors (Lipinski definition) is 7. The summed E-state index contributed by atoms with van der Waals surface area (Å²) in [6, 6.07) is 57.3. The molecule has 0 atom stereocenters. The first-order chi connectivity index (χ1) is 25.2. The van der Waals surface area contributed by atoms with Gasteiger partial charge in [-0.05, 0) is 41.5 Å². The molecule has 0 aliphatic rings. The van der Waals surface area contributed by atoms with Crippen molar-refractivity contribution in [1.82, 2.24) is 29.9 Å². The minimum absolute atomic E-state index is 0.555. The van der Waals surface area contributed by atoms with Gasteiger partial charge in [-0.2, -0.15) is 0 Å². The van der Waals surface area contributed by atoms with E-state index in [4.69, 9.17) is 29.9 Å². The largest absolute Gasteiger partial charge is 0.233 e. The zero-order chi connectivity index (χ0) is 34.0. The van der Waals surface area contributed by atoms with Gasteiger partial charge in [0.25, 0.3) is 0 Å². The van der Waals surface area contributed by atoms with Gasteiger partial charge in [0.2, 0.25) is 0 Å². The number of aromatic nitrogens is 6. The summed E-state index contributed by atoms with van der Waals surface area (Å²) in [6.45, 7) is 0. The van der Waals surface area contributed by atoms with E-state index < -0.39 is 0 Å². The number of fused-ring (bicyclic) bond motifs is 1. The van der Waals surface area contributed by atoms with Gasteiger partial charge in [-0.25, -0.2) is 29.9 Å². The Labute approximate surface area is 298 Å². The molecule has 0 saturated heterocycles. The average Bonchev–Trinajstić information content (AvgIpc) is 3.66.